The van der Waals surface area contributed by atoms with Crippen molar-refractivity contribution in [2.24, 2.45) is 0 Å². The number of H-pyrrole nitrogens is 1. The fourth-order valence-corrected chi connectivity index (χ4v) is 2.56. The Hall–Kier alpha value is -1.24. The molecule has 1 N–H and O–H groups in total. The summed E-state index contributed by atoms with van der Waals surface area (Å²) in [5.41, 5.74) is 1.89. The van der Waals surface area contributed by atoms with Crippen molar-refractivity contribution >= 4 is 22.6 Å². The van der Waals surface area contributed by atoms with Crippen LogP contribution < -0.4 is 5.69 Å². The monoisotopic (exact) mass is 358 g/mol. The van der Waals surface area contributed by atoms with Crippen LogP contribution in [0.2, 0.25) is 0 Å². The molecule has 1 aromatic heterocycles. The van der Waals surface area contributed by atoms with Gasteiger partial charge < -0.3 is 4.98 Å². The summed E-state index contributed by atoms with van der Waals surface area (Å²) >= 11 is 2.17. The largest absolute Gasteiger partial charge is 0.345 e. The Labute approximate surface area is 118 Å². The van der Waals surface area contributed by atoms with Gasteiger partial charge in [-0.25, -0.2) is 9.18 Å². The molecule has 0 spiro atoms. The van der Waals surface area contributed by atoms with E-state index in [1.807, 2.05) is 6.92 Å². The lowest BCUT2D eigenvalue weighted by Gasteiger charge is -2.08. The minimum absolute atomic E-state index is 0.299. The van der Waals surface area contributed by atoms with E-state index < -0.39 is 0 Å². The summed E-state index contributed by atoms with van der Waals surface area (Å²) in [4.78, 5) is 18.3. The molecule has 0 saturated heterocycles. The maximum absolute atomic E-state index is 12.9. The van der Waals surface area contributed by atoms with Gasteiger partial charge in [-0.05, 0) is 53.3 Å². The molecule has 1 aromatic carbocycles. The molecule has 0 fully saturated rings. The second kappa shape index (κ2) is 5.60. The van der Waals surface area contributed by atoms with Crippen molar-refractivity contribution in [2.45, 2.75) is 19.8 Å². The Morgan fingerprint density at radius 1 is 1.33 bits per heavy atom. The summed E-state index contributed by atoms with van der Waals surface area (Å²) in [6.45, 7) is 2.05. The standard InChI is InChI=1S/C13H12FIN2O/c1-2-3-10-11(15)12(17-13(18)16-10)8-4-6-9(14)7-5-8/h4-7H,2-3H2,1H3,(H,16,17,18). The first kappa shape index (κ1) is 13.2. The molecule has 1 heterocycles. The van der Waals surface area contributed by atoms with Crippen LogP contribution in [0.15, 0.2) is 29.1 Å². The van der Waals surface area contributed by atoms with Gasteiger partial charge in [0.05, 0.1) is 9.26 Å². The van der Waals surface area contributed by atoms with Crippen molar-refractivity contribution in [3.8, 4) is 11.3 Å². The predicted octanol–water partition coefficient (Wildman–Crippen LogP) is 3.13. The van der Waals surface area contributed by atoms with Crippen LogP contribution >= 0.6 is 22.6 Å². The molecule has 0 bridgehead atoms. The van der Waals surface area contributed by atoms with Gasteiger partial charge in [0.1, 0.15) is 5.82 Å². The number of nitrogens with one attached hydrogen (secondary N) is 1. The molecule has 5 heteroatoms. The number of halogens is 2. The quantitative estimate of drug-likeness (QED) is 0.857. The van der Waals surface area contributed by atoms with Crippen LogP contribution in [0.25, 0.3) is 11.3 Å². The van der Waals surface area contributed by atoms with Crippen LogP contribution in [0.4, 0.5) is 4.39 Å². The Morgan fingerprint density at radius 3 is 2.61 bits per heavy atom. The third kappa shape index (κ3) is 2.77. The summed E-state index contributed by atoms with van der Waals surface area (Å²) in [7, 11) is 0. The lowest BCUT2D eigenvalue weighted by Crippen LogP contribution is -2.16. The first-order valence-electron chi connectivity index (χ1n) is 5.66. The molecule has 0 radical (unpaired) electrons. The zero-order valence-electron chi connectivity index (χ0n) is 9.84. The molecule has 0 aliphatic heterocycles. The predicted molar refractivity (Wildman–Crippen MR) is 77.0 cm³/mol. The molecule has 0 saturated carbocycles. The van der Waals surface area contributed by atoms with Gasteiger partial charge in [-0.15, -0.1) is 0 Å². The third-order valence-corrected chi connectivity index (χ3v) is 3.72. The first-order valence-corrected chi connectivity index (χ1v) is 6.74. The molecular weight excluding hydrogens is 346 g/mol. The molecule has 0 unspecified atom stereocenters. The van der Waals surface area contributed by atoms with Gasteiger partial charge in [0.25, 0.3) is 0 Å². The first-order chi connectivity index (χ1) is 8.61. The van der Waals surface area contributed by atoms with E-state index in [4.69, 9.17) is 0 Å². The molecule has 2 aromatic rings. The zero-order chi connectivity index (χ0) is 13.1. The van der Waals surface area contributed by atoms with Gasteiger partial charge in [-0.1, -0.05) is 13.3 Å². The van der Waals surface area contributed by atoms with Crippen LogP contribution in [-0.2, 0) is 6.42 Å². The number of hydrogen-bond donors (Lipinski definition) is 1. The molecule has 0 amide bonds. The van der Waals surface area contributed by atoms with Crippen LogP contribution in [0, 0.1) is 9.39 Å². The highest BCUT2D eigenvalue weighted by Gasteiger charge is 2.11. The number of rotatable bonds is 3. The lowest BCUT2D eigenvalue weighted by molar-refractivity contribution is 0.628. The second-order valence-corrected chi connectivity index (χ2v) is 5.02. The van der Waals surface area contributed by atoms with E-state index in [1.54, 1.807) is 12.1 Å². The Morgan fingerprint density at radius 2 is 2.00 bits per heavy atom. The van der Waals surface area contributed by atoms with Crippen molar-refractivity contribution in [3.05, 3.63) is 49.8 Å². The maximum Gasteiger partial charge on any atom is 0.345 e. The topological polar surface area (TPSA) is 45.8 Å². The van der Waals surface area contributed by atoms with E-state index in [1.165, 1.54) is 12.1 Å². The van der Waals surface area contributed by atoms with Crippen molar-refractivity contribution in [3.63, 3.8) is 0 Å². The molecule has 0 atom stereocenters. The van der Waals surface area contributed by atoms with Crippen LogP contribution in [0.3, 0.4) is 0 Å². The van der Waals surface area contributed by atoms with Gasteiger partial charge >= 0.3 is 5.69 Å². The summed E-state index contributed by atoms with van der Waals surface area (Å²) in [6, 6.07) is 6.01. The number of nitrogens with zero attached hydrogens (tertiary/aromatic N) is 1. The number of hydrogen-bond acceptors (Lipinski definition) is 2. The summed E-state index contributed by atoms with van der Waals surface area (Å²) in [5.74, 6) is -0.299. The number of aromatic amines is 1. The van der Waals surface area contributed by atoms with Crippen molar-refractivity contribution in [1.82, 2.24) is 9.97 Å². The fraction of sp³-hybridized carbons (Fsp3) is 0.231. The summed E-state index contributed by atoms with van der Waals surface area (Å²) in [5, 5.41) is 0. The van der Waals surface area contributed by atoms with E-state index in [2.05, 4.69) is 32.6 Å². The van der Waals surface area contributed by atoms with E-state index in [0.29, 0.717) is 5.69 Å². The number of aryl methyl sites for hydroxylation is 1. The highest BCUT2D eigenvalue weighted by Crippen LogP contribution is 2.24. The van der Waals surface area contributed by atoms with Gasteiger partial charge in [0, 0.05) is 11.3 Å². The number of aromatic nitrogens is 2. The highest BCUT2D eigenvalue weighted by atomic mass is 127. The average Bonchev–Trinajstić information content (AvgIpc) is 2.35. The molecule has 0 aliphatic carbocycles. The van der Waals surface area contributed by atoms with Gasteiger partial charge in [-0.2, -0.15) is 4.98 Å². The van der Waals surface area contributed by atoms with Crippen molar-refractivity contribution in [2.75, 3.05) is 0 Å². The van der Waals surface area contributed by atoms with Crippen LogP contribution in [-0.4, -0.2) is 9.97 Å². The summed E-state index contributed by atoms with van der Waals surface area (Å²) < 4.78 is 13.8. The Kier molecular flexibility index (Phi) is 4.11. The van der Waals surface area contributed by atoms with Gasteiger partial charge in [0.15, 0.2) is 0 Å². The second-order valence-electron chi connectivity index (χ2n) is 3.94. The van der Waals surface area contributed by atoms with E-state index in [9.17, 15) is 9.18 Å². The maximum atomic E-state index is 12.9. The lowest BCUT2D eigenvalue weighted by atomic mass is 10.1. The zero-order valence-corrected chi connectivity index (χ0v) is 12.0. The van der Waals surface area contributed by atoms with Crippen LogP contribution in [0.1, 0.15) is 19.0 Å². The smallest absolute Gasteiger partial charge is 0.309 e. The molecule has 2 rings (SSSR count). The minimum atomic E-state index is -0.363. The van der Waals surface area contributed by atoms with Crippen molar-refractivity contribution < 1.29 is 4.39 Å². The van der Waals surface area contributed by atoms with Gasteiger partial charge in [-0.3, -0.25) is 0 Å². The van der Waals surface area contributed by atoms with E-state index >= 15 is 0 Å². The van der Waals surface area contributed by atoms with Crippen molar-refractivity contribution in [1.29, 1.82) is 0 Å². The SMILES string of the molecule is CCCc1[nH]c(=O)nc(-c2ccc(F)cc2)c1I. The Balaban J connectivity index is 2.56. The van der Waals surface area contributed by atoms with E-state index in [-0.39, 0.29) is 11.5 Å². The number of benzene rings is 1. The van der Waals surface area contributed by atoms with Crippen LogP contribution in [0.5, 0.6) is 0 Å². The average molecular weight is 358 g/mol. The van der Waals surface area contributed by atoms with E-state index in [0.717, 1.165) is 27.7 Å². The Bertz CT molecular complexity index is 607. The minimum Gasteiger partial charge on any atom is -0.309 e. The van der Waals surface area contributed by atoms with Gasteiger partial charge in [0.2, 0.25) is 0 Å². The summed E-state index contributed by atoms with van der Waals surface area (Å²) in [6.07, 6.45) is 1.74. The highest BCUT2D eigenvalue weighted by molar-refractivity contribution is 14.1. The molecule has 0 aliphatic rings. The molecule has 18 heavy (non-hydrogen) atoms. The fourth-order valence-electron chi connectivity index (χ4n) is 1.73. The molecule has 3 nitrogen and oxygen atoms in total. The normalized spacial score (nSPS) is 10.6. The third-order valence-electron chi connectivity index (χ3n) is 2.56. The molecule has 94 valence electrons. The molecular formula is C13H12FIN2O.